The fraction of sp³-hybridized carbons (Fsp3) is 0.833. The van der Waals surface area contributed by atoms with Crippen molar-refractivity contribution in [2.24, 2.45) is 5.41 Å². The molecule has 0 aromatic carbocycles. The third-order valence-electron chi connectivity index (χ3n) is 3.35. The van der Waals surface area contributed by atoms with Crippen LogP contribution in [-0.2, 0) is 14.3 Å². The summed E-state index contributed by atoms with van der Waals surface area (Å²) in [5.74, 6) is -0.474. The summed E-state index contributed by atoms with van der Waals surface area (Å²) < 4.78 is 44.1. The normalized spacial score (nSPS) is 21.4. The molecular formula is C12H18F3NO4. The Bertz CT molecular complexity index is 364. The minimum atomic E-state index is -5.05. The van der Waals surface area contributed by atoms with Crippen LogP contribution in [0.2, 0.25) is 0 Å². The number of carbonyl (C=O) groups excluding carboxylic acids is 2. The molecule has 0 saturated carbocycles. The molecule has 1 atom stereocenters. The van der Waals surface area contributed by atoms with E-state index >= 15 is 0 Å². The number of ether oxygens (including phenoxy) is 2. The summed E-state index contributed by atoms with van der Waals surface area (Å²) in [5, 5.41) is 2.10. The van der Waals surface area contributed by atoms with Crippen LogP contribution in [0.3, 0.4) is 0 Å². The standard InChI is InChI=1S/C12H18F3NO4/c1-3-5-11(6-4-2)8(7-19-9(11)17)16-10(18)20-12(13,14)15/h8H,3-7H2,1-2H3,(H,16,18)/t8-/m0/s1. The monoisotopic (exact) mass is 297 g/mol. The molecule has 1 heterocycles. The number of hydrogen-bond donors (Lipinski definition) is 1. The molecule has 8 heteroatoms. The van der Waals surface area contributed by atoms with Crippen LogP contribution in [0.5, 0.6) is 0 Å². The first-order chi connectivity index (χ1) is 9.25. The van der Waals surface area contributed by atoms with Gasteiger partial charge in [-0.2, -0.15) is 0 Å². The Kier molecular flexibility index (Phi) is 5.24. The van der Waals surface area contributed by atoms with Gasteiger partial charge in [0, 0.05) is 0 Å². The van der Waals surface area contributed by atoms with Crippen LogP contribution >= 0.6 is 0 Å². The molecule has 0 unspecified atom stereocenters. The maximum Gasteiger partial charge on any atom is 0.576 e. The van der Waals surface area contributed by atoms with Gasteiger partial charge in [0.15, 0.2) is 0 Å². The zero-order valence-corrected chi connectivity index (χ0v) is 11.4. The zero-order chi connectivity index (χ0) is 15.4. The third kappa shape index (κ3) is 3.77. The van der Waals surface area contributed by atoms with Crippen molar-refractivity contribution < 1.29 is 32.2 Å². The molecule has 1 rings (SSSR count). The maximum atomic E-state index is 12.0. The molecule has 0 radical (unpaired) electrons. The minimum absolute atomic E-state index is 0.133. The van der Waals surface area contributed by atoms with E-state index in [2.05, 4.69) is 10.1 Å². The average molecular weight is 297 g/mol. The molecule has 0 bridgehead atoms. The van der Waals surface area contributed by atoms with E-state index in [0.29, 0.717) is 25.7 Å². The van der Waals surface area contributed by atoms with Crippen LogP contribution in [-0.4, -0.2) is 31.1 Å². The largest absolute Gasteiger partial charge is 0.576 e. The molecule has 1 N–H and O–H groups in total. The van der Waals surface area contributed by atoms with Gasteiger partial charge in [-0.15, -0.1) is 13.2 Å². The van der Waals surface area contributed by atoms with Crippen molar-refractivity contribution in [1.29, 1.82) is 0 Å². The molecule has 1 aliphatic heterocycles. The highest BCUT2D eigenvalue weighted by Crippen LogP contribution is 2.39. The Balaban J connectivity index is 2.81. The number of alkyl carbamates (subject to hydrolysis) is 1. The van der Waals surface area contributed by atoms with Crippen molar-refractivity contribution in [3.05, 3.63) is 0 Å². The summed E-state index contributed by atoms with van der Waals surface area (Å²) in [5.41, 5.74) is -0.964. The van der Waals surface area contributed by atoms with E-state index in [1.54, 1.807) is 0 Å². The molecule has 0 spiro atoms. The van der Waals surface area contributed by atoms with Gasteiger partial charge in [0.2, 0.25) is 0 Å². The van der Waals surface area contributed by atoms with E-state index in [1.807, 2.05) is 13.8 Å². The third-order valence-corrected chi connectivity index (χ3v) is 3.35. The highest BCUT2D eigenvalue weighted by molar-refractivity contribution is 5.81. The number of nitrogens with one attached hydrogen (secondary N) is 1. The molecule has 1 amide bonds. The molecule has 0 aromatic rings. The van der Waals surface area contributed by atoms with Crippen molar-refractivity contribution in [1.82, 2.24) is 5.32 Å². The first kappa shape index (κ1) is 16.6. The van der Waals surface area contributed by atoms with E-state index in [1.165, 1.54) is 0 Å². The van der Waals surface area contributed by atoms with Gasteiger partial charge >= 0.3 is 18.4 Å². The second kappa shape index (κ2) is 6.32. The Hall–Kier alpha value is -1.47. The number of alkyl halides is 3. The summed E-state index contributed by atoms with van der Waals surface area (Å²) in [6, 6.07) is -0.801. The van der Waals surface area contributed by atoms with Gasteiger partial charge in [0.25, 0.3) is 0 Å². The summed E-state index contributed by atoms with van der Waals surface area (Å²) in [6.07, 6.45) is -4.47. The smallest absolute Gasteiger partial charge is 0.463 e. The van der Waals surface area contributed by atoms with Crippen LogP contribution in [0.1, 0.15) is 39.5 Å². The number of hydrogen-bond acceptors (Lipinski definition) is 4. The van der Waals surface area contributed by atoms with E-state index in [-0.39, 0.29) is 6.61 Å². The van der Waals surface area contributed by atoms with E-state index in [4.69, 9.17) is 4.74 Å². The van der Waals surface area contributed by atoms with Crippen molar-refractivity contribution in [2.75, 3.05) is 6.61 Å². The lowest BCUT2D eigenvalue weighted by molar-refractivity contribution is -0.291. The fourth-order valence-electron chi connectivity index (χ4n) is 2.63. The number of amides is 1. The highest BCUT2D eigenvalue weighted by Gasteiger charge is 2.52. The number of carbonyl (C=O) groups is 2. The Morgan fingerprint density at radius 3 is 2.40 bits per heavy atom. The minimum Gasteiger partial charge on any atom is -0.463 e. The van der Waals surface area contributed by atoms with E-state index in [9.17, 15) is 22.8 Å². The molecule has 0 aromatic heterocycles. The Morgan fingerprint density at radius 1 is 1.40 bits per heavy atom. The van der Waals surface area contributed by atoms with Crippen molar-refractivity contribution in [3.63, 3.8) is 0 Å². The summed E-state index contributed by atoms with van der Waals surface area (Å²) in [7, 11) is 0. The van der Waals surface area contributed by atoms with E-state index < -0.39 is 29.9 Å². The zero-order valence-electron chi connectivity index (χ0n) is 11.4. The number of halogens is 3. The summed E-state index contributed by atoms with van der Waals surface area (Å²) in [4.78, 5) is 23.1. The molecule has 0 aliphatic carbocycles. The average Bonchev–Trinajstić information content (AvgIpc) is 2.57. The molecule has 1 aliphatic rings. The summed E-state index contributed by atoms with van der Waals surface area (Å²) >= 11 is 0. The number of esters is 1. The highest BCUT2D eigenvalue weighted by atomic mass is 19.4. The number of rotatable bonds is 5. The first-order valence-electron chi connectivity index (χ1n) is 6.48. The van der Waals surface area contributed by atoms with Crippen LogP contribution in [0.15, 0.2) is 0 Å². The maximum absolute atomic E-state index is 12.0. The summed E-state index contributed by atoms with van der Waals surface area (Å²) in [6.45, 7) is 3.58. The quantitative estimate of drug-likeness (QED) is 0.792. The lowest BCUT2D eigenvalue weighted by Gasteiger charge is -2.30. The van der Waals surface area contributed by atoms with Gasteiger partial charge in [0.1, 0.15) is 6.61 Å². The second-order valence-corrected chi connectivity index (χ2v) is 4.79. The molecular weight excluding hydrogens is 279 g/mol. The van der Waals surface area contributed by atoms with Crippen LogP contribution in [0.25, 0.3) is 0 Å². The van der Waals surface area contributed by atoms with Gasteiger partial charge < -0.3 is 14.8 Å². The number of cyclic esters (lactones) is 1. The predicted molar refractivity (Wildman–Crippen MR) is 62.7 cm³/mol. The lowest BCUT2D eigenvalue weighted by atomic mass is 9.75. The molecule has 1 saturated heterocycles. The molecule has 116 valence electrons. The molecule has 1 fully saturated rings. The molecule has 5 nitrogen and oxygen atoms in total. The molecule has 20 heavy (non-hydrogen) atoms. The Morgan fingerprint density at radius 2 is 1.95 bits per heavy atom. The lowest BCUT2D eigenvalue weighted by Crippen LogP contribution is -2.49. The SMILES string of the molecule is CCCC1(CCC)C(=O)OC[C@@H]1NC(=O)OC(F)(F)F. The van der Waals surface area contributed by atoms with Gasteiger partial charge in [-0.05, 0) is 12.8 Å². The second-order valence-electron chi connectivity index (χ2n) is 4.79. The van der Waals surface area contributed by atoms with Crippen LogP contribution in [0, 0.1) is 5.41 Å². The van der Waals surface area contributed by atoms with Crippen LogP contribution < -0.4 is 5.32 Å². The van der Waals surface area contributed by atoms with Crippen molar-refractivity contribution in [3.8, 4) is 0 Å². The Labute approximate surface area is 114 Å². The van der Waals surface area contributed by atoms with Gasteiger partial charge in [0.05, 0.1) is 11.5 Å². The van der Waals surface area contributed by atoms with E-state index in [0.717, 1.165) is 0 Å². The topological polar surface area (TPSA) is 64.6 Å². The predicted octanol–water partition coefficient (Wildman–Crippen LogP) is 2.74. The first-order valence-corrected chi connectivity index (χ1v) is 6.48. The van der Waals surface area contributed by atoms with Gasteiger partial charge in [-0.25, -0.2) is 4.79 Å². The van der Waals surface area contributed by atoms with Crippen molar-refractivity contribution in [2.45, 2.75) is 51.9 Å². The fourth-order valence-corrected chi connectivity index (χ4v) is 2.63. The van der Waals surface area contributed by atoms with Crippen molar-refractivity contribution >= 4 is 12.1 Å². The van der Waals surface area contributed by atoms with Gasteiger partial charge in [-0.1, -0.05) is 26.7 Å². The van der Waals surface area contributed by atoms with Gasteiger partial charge in [-0.3, -0.25) is 4.79 Å². The van der Waals surface area contributed by atoms with Crippen LogP contribution in [0.4, 0.5) is 18.0 Å².